The number of halogens is 3. The number of ether oxygens (including phenoxy) is 1. The maximum Gasteiger partial charge on any atom is 0.488 e. The number of nitrogens with one attached hydrogen (secondary N) is 2. The Hall–Kier alpha value is -3.93. The fourth-order valence-electron chi connectivity index (χ4n) is 5.49. The number of carbonyl (C=O) groups is 3. The number of nitrogens with zero attached hydrogens (tertiary/aromatic N) is 3. The van der Waals surface area contributed by atoms with Crippen molar-refractivity contribution in [1.82, 2.24) is 25.1 Å². The molecule has 0 saturated carbocycles. The molecule has 1 aromatic heterocycles. The predicted octanol–water partition coefficient (Wildman–Crippen LogP) is 3.56. The van der Waals surface area contributed by atoms with Crippen LogP contribution in [0, 0.1) is 0 Å². The van der Waals surface area contributed by atoms with E-state index in [1.54, 1.807) is 0 Å². The molecule has 1 aliphatic rings. The molecule has 2 N–H and O–H groups in total. The first-order chi connectivity index (χ1) is 19.0. The van der Waals surface area contributed by atoms with Crippen molar-refractivity contribution >= 4 is 28.6 Å². The van der Waals surface area contributed by atoms with E-state index in [0.29, 0.717) is 25.1 Å². The second kappa shape index (κ2) is 12.1. The number of esters is 1. The van der Waals surface area contributed by atoms with Gasteiger partial charge in [0.05, 0.1) is 26.4 Å². The van der Waals surface area contributed by atoms with E-state index in [9.17, 15) is 27.6 Å². The number of aromatic amines is 1. The Bertz CT molecular complexity index is 1340. The van der Waals surface area contributed by atoms with Crippen molar-refractivity contribution in [1.29, 1.82) is 0 Å². The van der Waals surface area contributed by atoms with Crippen LogP contribution in [-0.4, -0.2) is 75.6 Å². The van der Waals surface area contributed by atoms with Gasteiger partial charge in [-0.15, -0.1) is 13.2 Å². The Morgan fingerprint density at radius 2 is 1.93 bits per heavy atom. The van der Waals surface area contributed by atoms with Crippen LogP contribution in [0.5, 0.6) is 0 Å². The van der Waals surface area contributed by atoms with Gasteiger partial charge in [0.2, 0.25) is 11.8 Å². The van der Waals surface area contributed by atoms with Gasteiger partial charge in [-0.1, -0.05) is 42.5 Å². The summed E-state index contributed by atoms with van der Waals surface area (Å²) >= 11 is 0. The highest BCUT2D eigenvalue weighted by Gasteiger charge is 2.57. The lowest BCUT2D eigenvalue weighted by Crippen LogP contribution is -2.64. The number of aromatic nitrogens is 2. The minimum Gasteiger partial charge on any atom is -0.467 e. The smallest absolute Gasteiger partial charge is 0.467 e. The standard InChI is InChI=1S/C28H32F3N5O4/c1-27(26(39)40-2,14-22-10-6-12-35(22)24(37)13-21-16-33-18-34-21)36(28(29,30)31)25(38)17-32-15-20-9-5-8-19-7-3-4-11-23(19)20/h3-5,7-9,11,16,18,22,32H,6,10,12-15,17H2,1-2H3,(H,33,34)/t22?,27-/m0/s1. The quantitative estimate of drug-likeness (QED) is 0.291. The van der Waals surface area contributed by atoms with Crippen LogP contribution in [0.4, 0.5) is 13.2 Å². The van der Waals surface area contributed by atoms with E-state index in [0.717, 1.165) is 30.4 Å². The largest absolute Gasteiger partial charge is 0.488 e. The fourth-order valence-corrected chi connectivity index (χ4v) is 5.49. The van der Waals surface area contributed by atoms with Crippen molar-refractivity contribution in [2.24, 2.45) is 0 Å². The molecule has 2 heterocycles. The summed E-state index contributed by atoms with van der Waals surface area (Å²) in [6.07, 6.45) is -1.74. The zero-order valence-corrected chi connectivity index (χ0v) is 22.3. The maximum atomic E-state index is 14.5. The molecular formula is C28H32F3N5O4. The number of methoxy groups -OCH3 is 1. The average Bonchev–Trinajstić information content (AvgIpc) is 3.59. The number of hydrogen-bond donors (Lipinski definition) is 2. The lowest BCUT2D eigenvalue weighted by molar-refractivity contribution is -0.267. The van der Waals surface area contributed by atoms with Crippen LogP contribution in [0.1, 0.15) is 37.4 Å². The van der Waals surface area contributed by atoms with Crippen molar-refractivity contribution in [3.8, 4) is 0 Å². The number of amides is 2. The molecule has 1 unspecified atom stereocenters. The van der Waals surface area contributed by atoms with E-state index >= 15 is 0 Å². The van der Waals surface area contributed by atoms with Gasteiger partial charge in [0, 0.05) is 37.4 Å². The van der Waals surface area contributed by atoms with Crippen LogP contribution >= 0.6 is 0 Å². The highest BCUT2D eigenvalue weighted by Crippen LogP contribution is 2.37. The monoisotopic (exact) mass is 559 g/mol. The number of carbonyl (C=O) groups excluding carboxylic acids is 3. The Kier molecular flexibility index (Phi) is 8.77. The molecule has 4 rings (SSSR count). The molecule has 1 fully saturated rings. The van der Waals surface area contributed by atoms with E-state index in [4.69, 9.17) is 4.74 Å². The molecule has 1 saturated heterocycles. The Balaban J connectivity index is 1.52. The molecule has 0 aliphatic carbocycles. The molecule has 2 aromatic carbocycles. The first-order valence-electron chi connectivity index (χ1n) is 13.0. The number of rotatable bonds is 10. The normalized spacial score (nSPS) is 17.0. The highest BCUT2D eigenvalue weighted by molar-refractivity contribution is 5.89. The lowest BCUT2D eigenvalue weighted by Gasteiger charge is -2.42. The highest BCUT2D eigenvalue weighted by atomic mass is 19.4. The molecule has 12 heteroatoms. The van der Waals surface area contributed by atoms with Gasteiger partial charge in [-0.25, -0.2) is 14.7 Å². The first-order valence-corrected chi connectivity index (χ1v) is 13.0. The molecule has 0 bridgehead atoms. The van der Waals surface area contributed by atoms with Crippen molar-refractivity contribution in [2.75, 3.05) is 20.2 Å². The second-order valence-electron chi connectivity index (χ2n) is 10.0. The Morgan fingerprint density at radius 1 is 1.18 bits per heavy atom. The molecule has 1 aliphatic heterocycles. The van der Waals surface area contributed by atoms with Gasteiger partial charge in [0.25, 0.3) is 0 Å². The molecule has 9 nitrogen and oxygen atoms in total. The molecule has 2 atom stereocenters. The first kappa shape index (κ1) is 29.1. The maximum absolute atomic E-state index is 14.5. The lowest BCUT2D eigenvalue weighted by atomic mass is 9.89. The van der Waals surface area contributed by atoms with Crippen molar-refractivity contribution < 1.29 is 32.3 Å². The zero-order chi connectivity index (χ0) is 28.9. The van der Waals surface area contributed by atoms with Crippen LogP contribution in [0.2, 0.25) is 0 Å². The van der Waals surface area contributed by atoms with E-state index in [-0.39, 0.29) is 23.8 Å². The van der Waals surface area contributed by atoms with Crippen LogP contribution in [-0.2, 0) is 32.1 Å². The third-order valence-electron chi connectivity index (χ3n) is 7.32. The number of benzene rings is 2. The number of alkyl halides is 3. The van der Waals surface area contributed by atoms with Crippen molar-refractivity contribution in [3.63, 3.8) is 0 Å². The number of imidazole rings is 1. The fraction of sp³-hybridized carbons (Fsp3) is 0.429. The predicted molar refractivity (Wildman–Crippen MR) is 141 cm³/mol. The topological polar surface area (TPSA) is 108 Å². The minimum absolute atomic E-state index is 0.00849. The van der Waals surface area contributed by atoms with E-state index in [2.05, 4.69) is 15.3 Å². The van der Waals surface area contributed by atoms with Gasteiger partial charge in [0.15, 0.2) is 0 Å². The van der Waals surface area contributed by atoms with E-state index < -0.39 is 42.7 Å². The summed E-state index contributed by atoms with van der Waals surface area (Å²) in [5, 5.41) is 4.68. The number of H-pyrrole nitrogens is 1. The summed E-state index contributed by atoms with van der Waals surface area (Å²) < 4.78 is 48.2. The summed E-state index contributed by atoms with van der Waals surface area (Å²) in [6, 6.07) is 12.4. The molecular weight excluding hydrogens is 527 g/mol. The summed E-state index contributed by atoms with van der Waals surface area (Å²) in [6.45, 7) is 0.862. The van der Waals surface area contributed by atoms with Gasteiger partial charge in [-0.3, -0.25) is 9.59 Å². The Labute approximate surface area is 229 Å². The van der Waals surface area contributed by atoms with Gasteiger partial charge < -0.3 is 19.9 Å². The molecule has 0 spiro atoms. The van der Waals surface area contributed by atoms with E-state index in [1.807, 2.05) is 42.5 Å². The molecule has 0 radical (unpaired) electrons. The zero-order valence-electron chi connectivity index (χ0n) is 22.3. The minimum atomic E-state index is -5.18. The summed E-state index contributed by atoms with van der Waals surface area (Å²) in [5.74, 6) is -2.84. The number of fused-ring (bicyclic) bond motifs is 1. The van der Waals surface area contributed by atoms with E-state index in [1.165, 1.54) is 17.4 Å². The van der Waals surface area contributed by atoms with Gasteiger partial charge in [-0.2, -0.15) is 0 Å². The summed E-state index contributed by atoms with van der Waals surface area (Å²) in [7, 11) is 0.980. The summed E-state index contributed by atoms with van der Waals surface area (Å²) in [4.78, 5) is 46.9. The molecule has 40 heavy (non-hydrogen) atoms. The number of hydrogen-bond acceptors (Lipinski definition) is 6. The second-order valence-corrected chi connectivity index (χ2v) is 10.0. The average molecular weight is 560 g/mol. The van der Waals surface area contributed by atoms with Crippen LogP contribution in [0.15, 0.2) is 55.0 Å². The van der Waals surface area contributed by atoms with Crippen molar-refractivity contribution in [2.45, 2.75) is 57.0 Å². The molecule has 3 aromatic rings. The SMILES string of the molecule is COC(=O)[C@](C)(CC1CCCN1C(=O)Cc1cnc[nH]1)N(C(=O)CNCc1cccc2ccccc12)C(F)(F)F. The molecule has 214 valence electrons. The van der Waals surface area contributed by atoms with Crippen molar-refractivity contribution in [3.05, 3.63) is 66.2 Å². The number of likely N-dealkylation sites (tertiary alicyclic amines) is 1. The summed E-state index contributed by atoms with van der Waals surface area (Å²) in [5.41, 5.74) is -1.01. The Morgan fingerprint density at radius 3 is 2.62 bits per heavy atom. The van der Waals surface area contributed by atoms with Gasteiger partial charge >= 0.3 is 12.3 Å². The van der Waals surface area contributed by atoms with Gasteiger partial charge in [0.1, 0.15) is 5.54 Å². The third-order valence-corrected chi connectivity index (χ3v) is 7.32. The van der Waals surface area contributed by atoms with Crippen LogP contribution in [0.3, 0.4) is 0 Å². The van der Waals surface area contributed by atoms with Crippen LogP contribution in [0.25, 0.3) is 10.8 Å². The van der Waals surface area contributed by atoms with Crippen LogP contribution < -0.4 is 5.32 Å². The van der Waals surface area contributed by atoms with Gasteiger partial charge in [-0.05, 0) is 36.1 Å². The molecule has 2 amide bonds. The third kappa shape index (κ3) is 6.27.